The molecule has 0 aliphatic rings. The number of rotatable bonds is 4. The second kappa shape index (κ2) is 7.04. The zero-order valence-electron chi connectivity index (χ0n) is 11.9. The lowest BCUT2D eigenvalue weighted by Crippen LogP contribution is -2.06. The van der Waals surface area contributed by atoms with Gasteiger partial charge in [-0.15, -0.1) is 0 Å². The van der Waals surface area contributed by atoms with Crippen molar-refractivity contribution in [2.45, 2.75) is 6.61 Å². The molecule has 0 fully saturated rings. The van der Waals surface area contributed by atoms with Crippen molar-refractivity contribution in [1.82, 2.24) is 0 Å². The van der Waals surface area contributed by atoms with Crippen molar-refractivity contribution >= 4 is 11.9 Å². The van der Waals surface area contributed by atoms with E-state index in [0.29, 0.717) is 22.3 Å². The number of nitriles is 1. The van der Waals surface area contributed by atoms with Gasteiger partial charge in [0.2, 0.25) is 0 Å². The Morgan fingerprint density at radius 1 is 1.05 bits per heavy atom. The number of methoxy groups -OCH3 is 1. The SMILES string of the molecule is COC(=O)c1cccc(COC(=O)c2ccc(C#N)cc2)c1. The number of hydrogen-bond acceptors (Lipinski definition) is 5. The molecule has 0 N–H and O–H groups in total. The van der Waals surface area contributed by atoms with Crippen LogP contribution in [0.1, 0.15) is 31.8 Å². The van der Waals surface area contributed by atoms with Gasteiger partial charge in [-0.1, -0.05) is 12.1 Å². The minimum atomic E-state index is -0.493. The zero-order valence-corrected chi connectivity index (χ0v) is 11.9. The molecule has 0 radical (unpaired) electrons. The Balaban J connectivity index is 2.01. The highest BCUT2D eigenvalue weighted by atomic mass is 16.5. The van der Waals surface area contributed by atoms with Crippen molar-refractivity contribution in [3.05, 3.63) is 70.8 Å². The minimum Gasteiger partial charge on any atom is -0.465 e. The molecular formula is C17H13NO4. The molecule has 5 heteroatoms. The van der Waals surface area contributed by atoms with Crippen LogP contribution in [0.5, 0.6) is 0 Å². The fourth-order valence-electron chi connectivity index (χ4n) is 1.82. The van der Waals surface area contributed by atoms with Crippen LogP contribution < -0.4 is 0 Å². The first-order valence-electron chi connectivity index (χ1n) is 6.48. The van der Waals surface area contributed by atoms with E-state index in [4.69, 9.17) is 10.00 Å². The molecule has 0 saturated heterocycles. The summed E-state index contributed by atoms with van der Waals surface area (Å²) in [5.41, 5.74) is 1.92. The molecule has 2 aromatic carbocycles. The molecule has 0 atom stereocenters. The Bertz CT molecular complexity index is 729. The Morgan fingerprint density at radius 2 is 1.77 bits per heavy atom. The molecule has 0 heterocycles. The van der Waals surface area contributed by atoms with Crippen LogP contribution in [0.15, 0.2) is 48.5 Å². The lowest BCUT2D eigenvalue weighted by Gasteiger charge is -2.06. The van der Waals surface area contributed by atoms with Crippen LogP contribution in [-0.2, 0) is 16.1 Å². The van der Waals surface area contributed by atoms with Gasteiger partial charge in [0.05, 0.1) is 29.9 Å². The maximum absolute atomic E-state index is 11.9. The monoisotopic (exact) mass is 295 g/mol. The number of benzene rings is 2. The molecule has 0 spiro atoms. The Hall–Kier alpha value is -3.13. The average molecular weight is 295 g/mol. The van der Waals surface area contributed by atoms with Gasteiger partial charge in [0.15, 0.2) is 0 Å². The average Bonchev–Trinajstić information content (AvgIpc) is 2.59. The normalized spacial score (nSPS) is 9.64. The number of hydrogen-bond donors (Lipinski definition) is 0. The molecule has 0 aliphatic carbocycles. The van der Waals surface area contributed by atoms with E-state index in [1.165, 1.54) is 19.2 Å². The van der Waals surface area contributed by atoms with E-state index in [0.717, 1.165) is 0 Å². The van der Waals surface area contributed by atoms with Gasteiger partial charge in [0, 0.05) is 0 Å². The van der Waals surface area contributed by atoms with E-state index in [9.17, 15) is 9.59 Å². The fraction of sp³-hybridized carbons (Fsp3) is 0.118. The molecule has 110 valence electrons. The highest BCUT2D eigenvalue weighted by Gasteiger charge is 2.09. The number of nitrogens with zero attached hydrogens (tertiary/aromatic N) is 1. The van der Waals surface area contributed by atoms with Crippen LogP contribution in [0.2, 0.25) is 0 Å². The smallest absolute Gasteiger partial charge is 0.338 e. The highest BCUT2D eigenvalue weighted by Crippen LogP contribution is 2.10. The summed E-state index contributed by atoms with van der Waals surface area (Å²) in [6.07, 6.45) is 0. The van der Waals surface area contributed by atoms with E-state index >= 15 is 0 Å². The minimum absolute atomic E-state index is 0.0453. The van der Waals surface area contributed by atoms with Crippen molar-refractivity contribution in [3.8, 4) is 6.07 Å². The van der Waals surface area contributed by atoms with Gasteiger partial charge in [-0.25, -0.2) is 9.59 Å². The summed E-state index contributed by atoms with van der Waals surface area (Å²) in [6.45, 7) is 0.0453. The number of ether oxygens (including phenoxy) is 2. The van der Waals surface area contributed by atoms with Crippen molar-refractivity contribution in [2.24, 2.45) is 0 Å². The highest BCUT2D eigenvalue weighted by molar-refractivity contribution is 5.90. The molecular weight excluding hydrogens is 282 g/mol. The third-order valence-corrected chi connectivity index (χ3v) is 2.97. The molecule has 0 aliphatic heterocycles. The standard InChI is InChI=1S/C17H13NO4/c1-21-16(19)15-4-2-3-13(9-15)11-22-17(20)14-7-5-12(10-18)6-8-14/h2-9H,11H2,1H3. The van der Waals surface area contributed by atoms with Gasteiger partial charge >= 0.3 is 11.9 Å². The molecule has 2 aromatic rings. The summed E-state index contributed by atoms with van der Waals surface area (Å²) in [7, 11) is 1.31. The predicted octanol–water partition coefficient (Wildman–Crippen LogP) is 2.70. The second-order valence-electron chi connectivity index (χ2n) is 4.46. The molecule has 0 amide bonds. The predicted molar refractivity (Wildman–Crippen MR) is 78.1 cm³/mol. The summed E-state index contributed by atoms with van der Waals surface area (Å²) in [6, 6.07) is 14.8. The van der Waals surface area contributed by atoms with Gasteiger partial charge in [-0.3, -0.25) is 0 Å². The summed E-state index contributed by atoms with van der Waals surface area (Å²) in [5.74, 6) is -0.937. The molecule has 0 bridgehead atoms. The molecule has 0 unspecified atom stereocenters. The summed E-state index contributed by atoms with van der Waals surface area (Å²) < 4.78 is 9.82. The van der Waals surface area contributed by atoms with Gasteiger partial charge < -0.3 is 9.47 Å². The maximum Gasteiger partial charge on any atom is 0.338 e. The molecule has 0 aromatic heterocycles. The molecule has 22 heavy (non-hydrogen) atoms. The van der Waals surface area contributed by atoms with Gasteiger partial charge in [-0.2, -0.15) is 5.26 Å². The van der Waals surface area contributed by atoms with Crippen LogP contribution in [-0.4, -0.2) is 19.0 Å². The van der Waals surface area contributed by atoms with E-state index in [1.54, 1.807) is 36.4 Å². The third-order valence-electron chi connectivity index (χ3n) is 2.97. The van der Waals surface area contributed by atoms with E-state index in [-0.39, 0.29) is 6.61 Å². The quantitative estimate of drug-likeness (QED) is 0.810. The third kappa shape index (κ3) is 3.70. The number of esters is 2. The van der Waals surface area contributed by atoms with E-state index < -0.39 is 11.9 Å². The molecule has 5 nitrogen and oxygen atoms in total. The Labute approximate surface area is 127 Å². The summed E-state index contributed by atoms with van der Waals surface area (Å²) >= 11 is 0. The van der Waals surface area contributed by atoms with Crippen LogP contribution >= 0.6 is 0 Å². The van der Waals surface area contributed by atoms with Crippen LogP contribution in [0, 0.1) is 11.3 Å². The van der Waals surface area contributed by atoms with Crippen molar-refractivity contribution in [3.63, 3.8) is 0 Å². The maximum atomic E-state index is 11.9. The first-order chi connectivity index (χ1) is 10.6. The summed E-state index contributed by atoms with van der Waals surface area (Å²) in [4.78, 5) is 23.3. The Morgan fingerprint density at radius 3 is 2.41 bits per heavy atom. The molecule has 2 rings (SSSR count). The van der Waals surface area contributed by atoms with Gasteiger partial charge in [0.25, 0.3) is 0 Å². The lowest BCUT2D eigenvalue weighted by molar-refractivity contribution is 0.0472. The largest absolute Gasteiger partial charge is 0.465 e. The van der Waals surface area contributed by atoms with Crippen molar-refractivity contribution in [2.75, 3.05) is 7.11 Å². The van der Waals surface area contributed by atoms with Crippen LogP contribution in [0.25, 0.3) is 0 Å². The first-order valence-corrected chi connectivity index (χ1v) is 6.48. The van der Waals surface area contributed by atoms with E-state index in [2.05, 4.69) is 4.74 Å². The number of carbonyl (C=O) groups excluding carboxylic acids is 2. The fourth-order valence-corrected chi connectivity index (χ4v) is 1.82. The van der Waals surface area contributed by atoms with Gasteiger partial charge in [-0.05, 0) is 42.0 Å². The van der Waals surface area contributed by atoms with Crippen LogP contribution in [0.4, 0.5) is 0 Å². The number of carbonyl (C=O) groups is 2. The summed E-state index contributed by atoms with van der Waals surface area (Å²) in [5, 5.41) is 8.71. The zero-order chi connectivity index (χ0) is 15.9. The van der Waals surface area contributed by atoms with Crippen LogP contribution in [0.3, 0.4) is 0 Å². The molecule has 0 saturated carbocycles. The van der Waals surface area contributed by atoms with E-state index in [1.807, 2.05) is 6.07 Å². The van der Waals surface area contributed by atoms with Gasteiger partial charge in [0.1, 0.15) is 6.61 Å². The Kier molecular flexibility index (Phi) is 4.89. The van der Waals surface area contributed by atoms with Crippen molar-refractivity contribution < 1.29 is 19.1 Å². The first kappa shape index (κ1) is 15.3. The topological polar surface area (TPSA) is 76.4 Å². The van der Waals surface area contributed by atoms with Crippen molar-refractivity contribution in [1.29, 1.82) is 5.26 Å². The lowest BCUT2D eigenvalue weighted by atomic mass is 10.1. The second-order valence-corrected chi connectivity index (χ2v) is 4.46.